The number of hydrogen-bond acceptors (Lipinski definition) is 5. The van der Waals surface area contributed by atoms with Crippen LogP contribution in [-0.4, -0.2) is 9.67 Å². The first-order chi connectivity index (χ1) is 14.7. The average molecular weight is 500 g/mol. The normalized spacial score (nSPS) is 13.9. The van der Waals surface area contributed by atoms with E-state index in [1.54, 1.807) is 16.7 Å². The number of nitrogens with zero attached hydrogens (tertiary/aromatic N) is 1. The molecule has 0 amide bonds. The summed E-state index contributed by atoms with van der Waals surface area (Å²) >= 11 is 4.32. The third-order valence-corrected chi connectivity index (χ3v) is 7.09. The van der Waals surface area contributed by atoms with Crippen molar-refractivity contribution in [3.8, 4) is 11.4 Å². The van der Waals surface area contributed by atoms with E-state index in [0.717, 1.165) is 21.8 Å². The standard InChI is InChI=1S/C23H15BrFNO4S/c1-23(2)14-8-11(24)6-7-15(14)26-17(23)10-16-18(21(26)28)19(27)20(22(29)30-16)31-13-5-3-4-12(25)9-13/h3-10,27H,1-2H3. The Hall–Kier alpha value is -2.84. The molecule has 0 aliphatic carbocycles. The molecule has 0 radical (unpaired) electrons. The van der Waals surface area contributed by atoms with Gasteiger partial charge in [-0.2, -0.15) is 0 Å². The van der Waals surface area contributed by atoms with Crippen molar-refractivity contribution < 1.29 is 13.9 Å². The summed E-state index contributed by atoms with van der Waals surface area (Å²) < 4.78 is 21.4. The van der Waals surface area contributed by atoms with Gasteiger partial charge in [-0.1, -0.05) is 47.6 Å². The highest BCUT2D eigenvalue weighted by Crippen LogP contribution is 2.44. The largest absolute Gasteiger partial charge is 0.505 e. The number of fused-ring (bicyclic) bond motifs is 4. The minimum atomic E-state index is -0.792. The number of hydrogen-bond donors (Lipinski definition) is 1. The van der Waals surface area contributed by atoms with Crippen LogP contribution in [0.2, 0.25) is 0 Å². The monoisotopic (exact) mass is 499 g/mol. The van der Waals surface area contributed by atoms with Gasteiger partial charge in [0, 0.05) is 26.5 Å². The summed E-state index contributed by atoms with van der Waals surface area (Å²) in [5, 5.41) is 10.8. The minimum absolute atomic E-state index is 0.0160. The molecule has 0 bridgehead atoms. The van der Waals surface area contributed by atoms with Crippen molar-refractivity contribution in [1.82, 2.24) is 4.57 Å². The van der Waals surface area contributed by atoms with E-state index >= 15 is 0 Å². The molecule has 0 fully saturated rings. The molecule has 0 unspecified atom stereocenters. The van der Waals surface area contributed by atoms with E-state index in [9.17, 15) is 19.1 Å². The van der Waals surface area contributed by atoms with Gasteiger partial charge >= 0.3 is 5.63 Å². The van der Waals surface area contributed by atoms with Crippen molar-refractivity contribution in [3.63, 3.8) is 0 Å². The number of aromatic nitrogens is 1. The van der Waals surface area contributed by atoms with Crippen molar-refractivity contribution in [2.24, 2.45) is 0 Å². The smallest absolute Gasteiger partial charge is 0.354 e. The Kier molecular flexibility index (Phi) is 4.43. The molecule has 5 rings (SSSR count). The predicted molar refractivity (Wildman–Crippen MR) is 120 cm³/mol. The summed E-state index contributed by atoms with van der Waals surface area (Å²) in [4.78, 5) is 26.4. The molecule has 5 nitrogen and oxygen atoms in total. The highest BCUT2D eigenvalue weighted by Gasteiger charge is 2.38. The van der Waals surface area contributed by atoms with Crippen LogP contribution in [-0.2, 0) is 5.41 Å². The van der Waals surface area contributed by atoms with Gasteiger partial charge in [0.05, 0.1) is 5.69 Å². The van der Waals surface area contributed by atoms with Gasteiger partial charge in [0.15, 0.2) is 5.75 Å². The number of pyridine rings is 1. The van der Waals surface area contributed by atoms with E-state index in [1.807, 2.05) is 32.0 Å². The third kappa shape index (κ3) is 2.96. The van der Waals surface area contributed by atoms with Crippen LogP contribution >= 0.6 is 27.7 Å². The Labute approximate surface area is 188 Å². The SMILES string of the molecule is CC1(C)c2cc(Br)ccc2-n2c1cc1oc(=O)c(Sc3cccc(F)c3)c(O)c1c2=O. The first-order valence-corrected chi connectivity index (χ1v) is 11.0. The van der Waals surface area contributed by atoms with Crippen LogP contribution in [0.3, 0.4) is 0 Å². The lowest BCUT2D eigenvalue weighted by molar-refractivity contribution is 0.445. The molecule has 4 aromatic rings. The molecule has 8 heteroatoms. The molecule has 2 aromatic heterocycles. The van der Waals surface area contributed by atoms with E-state index in [2.05, 4.69) is 15.9 Å². The summed E-state index contributed by atoms with van der Waals surface area (Å²) in [6.45, 7) is 3.96. The molecular formula is C23H15BrFNO4S. The lowest BCUT2D eigenvalue weighted by atomic mass is 9.83. The van der Waals surface area contributed by atoms with E-state index < -0.39 is 28.2 Å². The zero-order valence-corrected chi connectivity index (χ0v) is 18.8. The second kappa shape index (κ2) is 6.83. The zero-order chi connectivity index (χ0) is 22.1. The van der Waals surface area contributed by atoms with Crippen molar-refractivity contribution in [3.05, 3.63) is 90.9 Å². The number of aromatic hydroxyl groups is 1. The van der Waals surface area contributed by atoms with Crippen LogP contribution in [0.25, 0.3) is 16.7 Å². The molecule has 156 valence electrons. The number of benzene rings is 2. The summed E-state index contributed by atoms with van der Waals surface area (Å²) in [5.41, 5.74) is 0.526. The molecule has 0 saturated heterocycles. The summed E-state index contributed by atoms with van der Waals surface area (Å²) in [6, 6.07) is 12.9. The second-order valence-corrected chi connectivity index (χ2v) is 9.82. The lowest BCUT2D eigenvalue weighted by Gasteiger charge is -2.20. The fourth-order valence-electron chi connectivity index (χ4n) is 4.02. The van der Waals surface area contributed by atoms with E-state index in [4.69, 9.17) is 4.42 Å². The van der Waals surface area contributed by atoms with Gasteiger partial charge in [-0.25, -0.2) is 9.18 Å². The van der Waals surface area contributed by atoms with Gasteiger partial charge in [-0.15, -0.1) is 0 Å². The highest BCUT2D eigenvalue weighted by atomic mass is 79.9. The first-order valence-electron chi connectivity index (χ1n) is 9.38. The lowest BCUT2D eigenvalue weighted by Crippen LogP contribution is -2.24. The Morgan fingerprint density at radius 2 is 1.90 bits per heavy atom. The molecule has 0 saturated carbocycles. The van der Waals surface area contributed by atoms with Crippen molar-refractivity contribution in [1.29, 1.82) is 0 Å². The zero-order valence-electron chi connectivity index (χ0n) is 16.4. The van der Waals surface area contributed by atoms with E-state index in [0.29, 0.717) is 16.3 Å². The maximum absolute atomic E-state index is 13.5. The number of halogens is 2. The molecular weight excluding hydrogens is 485 g/mol. The Bertz CT molecular complexity index is 1520. The maximum atomic E-state index is 13.5. The average Bonchev–Trinajstić information content (AvgIpc) is 2.92. The van der Waals surface area contributed by atoms with Gasteiger partial charge in [0.1, 0.15) is 21.7 Å². The van der Waals surface area contributed by atoms with Gasteiger partial charge in [-0.05, 0) is 42.0 Å². The third-order valence-electron chi connectivity index (χ3n) is 5.54. The van der Waals surface area contributed by atoms with E-state index in [-0.39, 0.29) is 15.9 Å². The van der Waals surface area contributed by atoms with Crippen molar-refractivity contribution in [2.45, 2.75) is 29.1 Å². The summed E-state index contributed by atoms with van der Waals surface area (Å²) in [5.74, 6) is -0.943. The molecule has 1 N–H and O–H groups in total. The molecule has 2 aromatic carbocycles. The van der Waals surface area contributed by atoms with Crippen molar-refractivity contribution >= 4 is 38.7 Å². The topological polar surface area (TPSA) is 72.4 Å². The Morgan fingerprint density at radius 1 is 1.13 bits per heavy atom. The van der Waals surface area contributed by atoms with Crippen LogP contribution in [0.5, 0.6) is 5.75 Å². The molecule has 3 heterocycles. The maximum Gasteiger partial charge on any atom is 0.354 e. The quantitative estimate of drug-likeness (QED) is 0.402. The molecule has 1 aliphatic rings. The summed E-state index contributed by atoms with van der Waals surface area (Å²) in [6.07, 6.45) is 0. The Balaban J connectivity index is 1.80. The van der Waals surface area contributed by atoms with Crippen molar-refractivity contribution in [2.75, 3.05) is 0 Å². The van der Waals surface area contributed by atoms with Crippen LogP contribution in [0.4, 0.5) is 4.39 Å². The highest BCUT2D eigenvalue weighted by molar-refractivity contribution is 9.10. The van der Waals surface area contributed by atoms with Gasteiger partial charge in [-0.3, -0.25) is 9.36 Å². The van der Waals surface area contributed by atoms with Gasteiger partial charge in [0.2, 0.25) is 0 Å². The fourth-order valence-corrected chi connectivity index (χ4v) is 5.26. The van der Waals surface area contributed by atoms with Gasteiger partial charge < -0.3 is 9.52 Å². The molecule has 1 aliphatic heterocycles. The first kappa shape index (κ1) is 20.1. The van der Waals surface area contributed by atoms with Crippen LogP contribution < -0.4 is 11.2 Å². The molecule has 31 heavy (non-hydrogen) atoms. The van der Waals surface area contributed by atoms with Crippen LogP contribution in [0, 0.1) is 5.82 Å². The van der Waals surface area contributed by atoms with Crippen LogP contribution in [0.1, 0.15) is 25.1 Å². The van der Waals surface area contributed by atoms with Gasteiger partial charge in [0.25, 0.3) is 5.56 Å². The minimum Gasteiger partial charge on any atom is -0.505 e. The second-order valence-electron chi connectivity index (χ2n) is 7.82. The molecule has 0 spiro atoms. The fraction of sp³-hybridized carbons (Fsp3) is 0.130. The number of rotatable bonds is 2. The van der Waals surface area contributed by atoms with Crippen LogP contribution in [0.15, 0.2) is 76.8 Å². The van der Waals surface area contributed by atoms with E-state index in [1.165, 1.54) is 18.2 Å². The summed E-state index contributed by atoms with van der Waals surface area (Å²) in [7, 11) is 0. The predicted octanol–water partition coefficient (Wildman–Crippen LogP) is 5.34. The molecule has 0 atom stereocenters. The Morgan fingerprint density at radius 3 is 2.65 bits per heavy atom.